The predicted octanol–water partition coefficient (Wildman–Crippen LogP) is 6.93. The summed E-state index contributed by atoms with van der Waals surface area (Å²) < 4.78 is 27.7. The summed E-state index contributed by atoms with van der Waals surface area (Å²) in [5.74, 6) is -0.185. The van der Waals surface area contributed by atoms with E-state index in [-0.39, 0.29) is 11.4 Å². The van der Waals surface area contributed by atoms with E-state index in [0.29, 0.717) is 5.92 Å². The van der Waals surface area contributed by atoms with Crippen molar-refractivity contribution >= 4 is 0 Å². The molecular weight excluding hydrogens is 368 g/mol. The van der Waals surface area contributed by atoms with Gasteiger partial charge in [-0.2, -0.15) is 5.26 Å². The highest BCUT2D eigenvalue weighted by atomic mass is 19.1. The SMILES string of the molecule is CCCCCCCC1CCC(c2cnc(-c3cc(F)c(C#N)c(F)c3)nc2)CC1. The third-order valence-electron chi connectivity index (χ3n) is 6.12. The summed E-state index contributed by atoms with van der Waals surface area (Å²) in [5, 5.41) is 8.78. The third-order valence-corrected chi connectivity index (χ3v) is 6.12. The normalized spacial score (nSPS) is 19.1. The quantitative estimate of drug-likeness (QED) is 0.454. The number of halogens is 2. The standard InChI is InChI=1S/C24H29F2N3/c1-2-3-4-5-6-7-17-8-10-18(11-9-17)20-15-28-24(29-16-20)19-12-22(25)21(14-27)23(26)13-19/h12-13,15-18H,2-11H2,1H3. The maximum absolute atomic E-state index is 13.8. The summed E-state index contributed by atoms with van der Waals surface area (Å²) in [6, 6.07) is 3.76. The fraction of sp³-hybridized carbons (Fsp3) is 0.542. The van der Waals surface area contributed by atoms with Crippen LogP contribution >= 0.6 is 0 Å². The molecule has 1 fully saturated rings. The second-order valence-electron chi connectivity index (χ2n) is 8.19. The Bertz CT molecular complexity index is 811. The minimum Gasteiger partial charge on any atom is -0.236 e. The fourth-order valence-corrected chi connectivity index (χ4v) is 4.33. The van der Waals surface area contributed by atoms with E-state index in [1.807, 2.05) is 0 Å². The lowest BCUT2D eigenvalue weighted by atomic mass is 9.77. The van der Waals surface area contributed by atoms with Gasteiger partial charge in [0.25, 0.3) is 0 Å². The highest BCUT2D eigenvalue weighted by molar-refractivity contribution is 5.57. The lowest BCUT2D eigenvalue weighted by Crippen LogP contribution is -2.14. The van der Waals surface area contributed by atoms with Gasteiger partial charge in [-0.25, -0.2) is 18.7 Å². The van der Waals surface area contributed by atoms with Crippen LogP contribution in [-0.2, 0) is 0 Å². The van der Waals surface area contributed by atoms with E-state index < -0.39 is 17.2 Å². The Morgan fingerprint density at radius 2 is 1.59 bits per heavy atom. The van der Waals surface area contributed by atoms with Gasteiger partial charge < -0.3 is 0 Å². The number of aromatic nitrogens is 2. The van der Waals surface area contributed by atoms with E-state index in [1.165, 1.54) is 57.4 Å². The summed E-state index contributed by atoms with van der Waals surface area (Å²) >= 11 is 0. The van der Waals surface area contributed by atoms with Crippen LogP contribution in [0.3, 0.4) is 0 Å². The molecule has 1 aliphatic rings. The molecule has 1 aliphatic carbocycles. The van der Waals surface area contributed by atoms with Gasteiger partial charge in [0.05, 0.1) is 0 Å². The van der Waals surface area contributed by atoms with Crippen molar-refractivity contribution in [2.75, 3.05) is 0 Å². The molecule has 0 radical (unpaired) electrons. The molecule has 1 aromatic heterocycles. The van der Waals surface area contributed by atoms with Crippen LogP contribution in [-0.4, -0.2) is 9.97 Å². The van der Waals surface area contributed by atoms with Crippen LogP contribution in [0.2, 0.25) is 0 Å². The molecule has 0 N–H and O–H groups in total. The number of nitriles is 1. The number of hydrogen-bond acceptors (Lipinski definition) is 3. The van der Waals surface area contributed by atoms with Crippen molar-refractivity contribution in [2.45, 2.75) is 77.0 Å². The maximum atomic E-state index is 13.8. The van der Waals surface area contributed by atoms with E-state index in [0.717, 1.165) is 36.5 Å². The van der Waals surface area contributed by atoms with Gasteiger partial charge in [-0.05, 0) is 55.2 Å². The van der Waals surface area contributed by atoms with Gasteiger partial charge in [-0.15, -0.1) is 0 Å². The fourth-order valence-electron chi connectivity index (χ4n) is 4.33. The zero-order valence-electron chi connectivity index (χ0n) is 17.1. The number of hydrogen-bond donors (Lipinski definition) is 0. The summed E-state index contributed by atoms with van der Waals surface area (Å²) in [6.45, 7) is 2.25. The molecule has 3 rings (SSSR count). The van der Waals surface area contributed by atoms with Crippen LogP contribution in [0.25, 0.3) is 11.4 Å². The molecule has 3 nitrogen and oxygen atoms in total. The van der Waals surface area contributed by atoms with Gasteiger partial charge in [0.15, 0.2) is 5.82 Å². The minimum absolute atomic E-state index is 0.248. The molecular formula is C24H29F2N3. The van der Waals surface area contributed by atoms with Gasteiger partial charge >= 0.3 is 0 Å². The van der Waals surface area contributed by atoms with Crippen molar-refractivity contribution in [1.82, 2.24) is 9.97 Å². The van der Waals surface area contributed by atoms with Crippen molar-refractivity contribution in [3.63, 3.8) is 0 Å². The van der Waals surface area contributed by atoms with E-state index in [9.17, 15) is 8.78 Å². The summed E-state index contributed by atoms with van der Waals surface area (Å²) in [4.78, 5) is 8.66. The first kappa shape index (κ1) is 21.4. The van der Waals surface area contributed by atoms with Crippen molar-refractivity contribution in [3.05, 3.63) is 47.3 Å². The minimum atomic E-state index is -0.886. The number of rotatable bonds is 8. The van der Waals surface area contributed by atoms with Gasteiger partial charge in [-0.3, -0.25) is 0 Å². The lowest BCUT2D eigenvalue weighted by Gasteiger charge is -2.28. The van der Waals surface area contributed by atoms with Crippen LogP contribution in [0.1, 0.15) is 88.2 Å². The first-order valence-electron chi connectivity index (χ1n) is 10.8. The van der Waals surface area contributed by atoms with Gasteiger partial charge in [0, 0.05) is 18.0 Å². The second-order valence-corrected chi connectivity index (χ2v) is 8.19. The summed E-state index contributed by atoms with van der Waals surface area (Å²) in [5.41, 5.74) is 0.773. The molecule has 0 unspecified atom stereocenters. The average Bonchev–Trinajstić information content (AvgIpc) is 2.74. The first-order valence-corrected chi connectivity index (χ1v) is 10.8. The highest BCUT2D eigenvalue weighted by Gasteiger charge is 2.23. The molecule has 0 atom stereocenters. The molecule has 0 aliphatic heterocycles. The molecule has 0 bridgehead atoms. The van der Waals surface area contributed by atoms with Gasteiger partial charge in [0.2, 0.25) is 0 Å². The van der Waals surface area contributed by atoms with E-state index >= 15 is 0 Å². The van der Waals surface area contributed by atoms with E-state index in [2.05, 4.69) is 16.9 Å². The van der Waals surface area contributed by atoms with Crippen LogP contribution in [0.15, 0.2) is 24.5 Å². The number of nitrogens with zero attached hydrogens (tertiary/aromatic N) is 3. The zero-order valence-corrected chi connectivity index (χ0v) is 17.1. The molecule has 0 saturated heterocycles. The monoisotopic (exact) mass is 397 g/mol. The molecule has 1 aromatic carbocycles. The largest absolute Gasteiger partial charge is 0.236 e. The Kier molecular flexibility index (Phi) is 7.69. The highest BCUT2D eigenvalue weighted by Crippen LogP contribution is 2.37. The van der Waals surface area contributed by atoms with Crippen LogP contribution in [0.5, 0.6) is 0 Å². The topological polar surface area (TPSA) is 49.6 Å². The van der Waals surface area contributed by atoms with Crippen molar-refractivity contribution < 1.29 is 8.78 Å². The Morgan fingerprint density at radius 1 is 0.966 bits per heavy atom. The Balaban J connectivity index is 1.55. The summed E-state index contributed by atoms with van der Waals surface area (Å²) in [6.07, 6.45) is 16.5. The van der Waals surface area contributed by atoms with Crippen molar-refractivity contribution in [3.8, 4) is 17.5 Å². The van der Waals surface area contributed by atoms with Crippen LogP contribution < -0.4 is 0 Å². The zero-order chi connectivity index (χ0) is 20.6. The predicted molar refractivity (Wildman–Crippen MR) is 110 cm³/mol. The molecule has 0 amide bonds. The van der Waals surface area contributed by atoms with Gasteiger partial charge in [0.1, 0.15) is 23.3 Å². The third kappa shape index (κ3) is 5.59. The average molecular weight is 398 g/mol. The van der Waals surface area contributed by atoms with Crippen molar-refractivity contribution in [1.29, 1.82) is 5.26 Å². The van der Waals surface area contributed by atoms with E-state index in [1.54, 1.807) is 12.4 Å². The molecule has 1 saturated carbocycles. The summed E-state index contributed by atoms with van der Waals surface area (Å²) in [7, 11) is 0. The molecule has 0 spiro atoms. The van der Waals surface area contributed by atoms with Crippen molar-refractivity contribution in [2.24, 2.45) is 5.92 Å². The Hall–Kier alpha value is -2.35. The Labute approximate surface area is 172 Å². The van der Waals surface area contributed by atoms with Gasteiger partial charge in [-0.1, -0.05) is 45.4 Å². The molecule has 2 aromatic rings. The number of unbranched alkanes of at least 4 members (excludes halogenated alkanes) is 4. The number of benzene rings is 1. The molecule has 5 heteroatoms. The lowest BCUT2D eigenvalue weighted by molar-refractivity contribution is 0.301. The molecule has 154 valence electrons. The maximum Gasteiger partial charge on any atom is 0.159 e. The molecule has 29 heavy (non-hydrogen) atoms. The smallest absolute Gasteiger partial charge is 0.159 e. The Morgan fingerprint density at radius 3 is 2.17 bits per heavy atom. The van der Waals surface area contributed by atoms with E-state index in [4.69, 9.17) is 5.26 Å². The van der Waals surface area contributed by atoms with Crippen LogP contribution in [0, 0.1) is 28.9 Å². The second kappa shape index (κ2) is 10.4. The molecule has 1 heterocycles. The first-order chi connectivity index (χ1) is 14.1. The van der Waals surface area contributed by atoms with Crippen LogP contribution in [0.4, 0.5) is 8.78 Å².